The first-order valence-corrected chi connectivity index (χ1v) is 3.90. The molecule has 3 heteroatoms. The van der Waals surface area contributed by atoms with Crippen LogP contribution in [0.4, 0.5) is 0 Å². The maximum absolute atomic E-state index is 8.62. The standard InChI is InChI=1S/C10H9N3/c11-5-4-10(13)9-3-1-2-8(6-9)7-12/h1-3,6,10H,4,13H2/t10-/m0/s1. The van der Waals surface area contributed by atoms with Gasteiger partial charge in [0, 0.05) is 6.04 Å². The second-order valence-corrected chi connectivity index (χ2v) is 2.71. The summed E-state index contributed by atoms with van der Waals surface area (Å²) in [7, 11) is 0. The number of hydrogen-bond donors (Lipinski definition) is 1. The smallest absolute Gasteiger partial charge is 0.0991 e. The second-order valence-electron chi connectivity index (χ2n) is 2.71. The number of nitriles is 2. The summed E-state index contributed by atoms with van der Waals surface area (Å²) in [6, 6.07) is 10.7. The van der Waals surface area contributed by atoms with Gasteiger partial charge in [-0.3, -0.25) is 0 Å². The summed E-state index contributed by atoms with van der Waals surface area (Å²) in [6.07, 6.45) is 0.273. The highest BCUT2D eigenvalue weighted by Gasteiger charge is 2.04. The monoisotopic (exact) mass is 171 g/mol. The zero-order valence-corrected chi connectivity index (χ0v) is 7.07. The highest BCUT2D eigenvalue weighted by Crippen LogP contribution is 2.14. The quantitative estimate of drug-likeness (QED) is 0.732. The summed E-state index contributed by atoms with van der Waals surface area (Å²) in [4.78, 5) is 0. The van der Waals surface area contributed by atoms with Crippen LogP contribution in [-0.2, 0) is 0 Å². The van der Waals surface area contributed by atoms with Crippen LogP contribution in [0.3, 0.4) is 0 Å². The van der Waals surface area contributed by atoms with Crippen molar-refractivity contribution in [3.8, 4) is 12.1 Å². The Kier molecular flexibility index (Phi) is 3.03. The van der Waals surface area contributed by atoms with Gasteiger partial charge < -0.3 is 5.73 Å². The molecule has 1 aromatic rings. The van der Waals surface area contributed by atoms with Crippen molar-refractivity contribution in [2.24, 2.45) is 5.73 Å². The molecule has 0 amide bonds. The second kappa shape index (κ2) is 4.25. The normalized spacial score (nSPS) is 11.3. The maximum atomic E-state index is 8.62. The summed E-state index contributed by atoms with van der Waals surface area (Å²) in [5.41, 5.74) is 7.11. The van der Waals surface area contributed by atoms with E-state index in [1.54, 1.807) is 18.2 Å². The van der Waals surface area contributed by atoms with E-state index in [-0.39, 0.29) is 12.5 Å². The van der Waals surface area contributed by atoms with Crippen LogP contribution in [-0.4, -0.2) is 0 Å². The Morgan fingerprint density at radius 1 is 1.38 bits per heavy atom. The van der Waals surface area contributed by atoms with Crippen LogP contribution in [0.1, 0.15) is 23.6 Å². The minimum absolute atomic E-state index is 0.273. The van der Waals surface area contributed by atoms with Crippen molar-refractivity contribution in [2.75, 3.05) is 0 Å². The van der Waals surface area contributed by atoms with E-state index in [9.17, 15) is 0 Å². The van der Waals surface area contributed by atoms with E-state index in [4.69, 9.17) is 16.3 Å². The number of nitrogens with zero attached hydrogens (tertiary/aromatic N) is 2. The zero-order chi connectivity index (χ0) is 9.68. The Bertz CT molecular complexity index is 370. The van der Waals surface area contributed by atoms with Crippen LogP contribution >= 0.6 is 0 Å². The van der Waals surface area contributed by atoms with Crippen molar-refractivity contribution in [1.82, 2.24) is 0 Å². The van der Waals surface area contributed by atoms with Gasteiger partial charge in [-0.2, -0.15) is 10.5 Å². The van der Waals surface area contributed by atoms with Gasteiger partial charge in [-0.15, -0.1) is 0 Å². The van der Waals surface area contributed by atoms with Gasteiger partial charge in [0.05, 0.1) is 24.1 Å². The first-order chi connectivity index (χ1) is 6.27. The SMILES string of the molecule is N#CC[C@H](N)c1cccc(C#N)c1. The van der Waals surface area contributed by atoms with Gasteiger partial charge >= 0.3 is 0 Å². The van der Waals surface area contributed by atoms with Crippen molar-refractivity contribution in [3.63, 3.8) is 0 Å². The van der Waals surface area contributed by atoms with Crippen LogP contribution < -0.4 is 5.73 Å². The molecule has 0 bridgehead atoms. The lowest BCUT2D eigenvalue weighted by Crippen LogP contribution is -2.09. The van der Waals surface area contributed by atoms with E-state index in [2.05, 4.69) is 0 Å². The van der Waals surface area contributed by atoms with Gasteiger partial charge in [-0.05, 0) is 17.7 Å². The van der Waals surface area contributed by atoms with E-state index in [1.165, 1.54) is 0 Å². The molecule has 0 heterocycles. The highest BCUT2D eigenvalue weighted by molar-refractivity contribution is 5.34. The molecule has 1 atom stereocenters. The van der Waals surface area contributed by atoms with Crippen molar-refractivity contribution >= 4 is 0 Å². The van der Waals surface area contributed by atoms with E-state index < -0.39 is 0 Å². The fourth-order valence-corrected chi connectivity index (χ4v) is 1.06. The molecule has 0 saturated carbocycles. The molecule has 0 aliphatic carbocycles. The third kappa shape index (κ3) is 2.30. The Labute approximate surface area is 77.0 Å². The first-order valence-electron chi connectivity index (χ1n) is 3.90. The van der Waals surface area contributed by atoms with Crippen LogP contribution in [0.5, 0.6) is 0 Å². The molecular weight excluding hydrogens is 162 g/mol. The third-order valence-electron chi connectivity index (χ3n) is 1.76. The molecule has 1 rings (SSSR count). The van der Waals surface area contributed by atoms with Crippen molar-refractivity contribution in [2.45, 2.75) is 12.5 Å². The van der Waals surface area contributed by atoms with Crippen molar-refractivity contribution < 1.29 is 0 Å². The topological polar surface area (TPSA) is 73.6 Å². The molecule has 13 heavy (non-hydrogen) atoms. The Balaban J connectivity index is 2.91. The van der Waals surface area contributed by atoms with Crippen molar-refractivity contribution in [1.29, 1.82) is 10.5 Å². The highest BCUT2D eigenvalue weighted by atomic mass is 14.6. The van der Waals surface area contributed by atoms with E-state index in [0.29, 0.717) is 5.56 Å². The molecule has 2 N–H and O–H groups in total. The summed E-state index contributed by atoms with van der Waals surface area (Å²) < 4.78 is 0. The number of nitrogens with two attached hydrogens (primary N) is 1. The fourth-order valence-electron chi connectivity index (χ4n) is 1.06. The van der Waals surface area contributed by atoms with Gasteiger partial charge in [-0.1, -0.05) is 12.1 Å². The number of hydrogen-bond acceptors (Lipinski definition) is 3. The lowest BCUT2D eigenvalue weighted by molar-refractivity contribution is 0.748. The van der Waals surface area contributed by atoms with E-state index in [0.717, 1.165) is 5.56 Å². The molecule has 64 valence electrons. The van der Waals surface area contributed by atoms with E-state index >= 15 is 0 Å². The van der Waals surface area contributed by atoms with Crippen LogP contribution in [0.15, 0.2) is 24.3 Å². The molecule has 0 aliphatic heterocycles. The molecule has 0 fully saturated rings. The predicted octanol–water partition coefficient (Wildman–Crippen LogP) is 1.47. The first kappa shape index (κ1) is 9.25. The molecule has 3 nitrogen and oxygen atoms in total. The third-order valence-corrected chi connectivity index (χ3v) is 1.76. The molecule has 0 unspecified atom stereocenters. The average molecular weight is 171 g/mol. The molecule has 0 saturated heterocycles. The molecule has 0 spiro atoms. The van der Waals surface area contributed by atoms with Gasteiger partial charge in [0.15, 0.2) is 0 Å². The average Bonchev–Trinajstić information content (AvgIpc) is 2.18. The largest absolute Gasteiger partial charge is 0.323 e. The van der Waals surface area contributed by atoms with Crippen LogP contribution in [0.25, 0.3) is 0 Å². The van der Waals surface area contributed by atoms with Gasteiger partial charge in [0.1, 0.15) is 0 Å². The summed E-state index contributed by atoms with van der Waals surface area (Å²) >= 11 is 0. The molecular formula is C10H9N3. The lowest BCUT2D eigenvalue weighted by Gasteiger charge is -2.06. The fraction of sp³-hybridized carbons (Fsp3) is 0.200. The summed E-state index contributed by atoms with van der Waals surface area (Å²) in [5, 5.41) is 17.0. The molecule has 1 aromatic carbocycles. The summed E-state index contributed by atoms with van der Waals surface area (Å²) in [5.74, 6) is 0. The van der Waals surface area contributed by atoms with Gasteiger partial charge in [0.25, 0.3) is 0 Å². The molecule has 0 radical (unpaired) electrons. The lowest BCUT2D eigenvalue weighted by atomic mass is 10.0. The van der Waals surface area contributed by atoms with Crippen LogP contribution in [0.2, 0.25) is 0 Å². The summed E-state index contributed by atoms with van der Waals surface area (Å²) in [6.45, 7) is 0. The van der Waals surface area contributed by atoms with Gasteiger partial charge in [0.2, 0.25) is 0 Å². The maximum Gasteiger partial charge on any atom is 0.0991 e. The van der Waals surface area contributed by atoms with Crippen molar-refractivity contribution in [3.05, 3.63) is 35.4 Å². The van der Waals surface area contributed by atoms with Gasteiger partial charge in [-0.25, -0.2) is 0 Å². The number of benzene rings is 1. The Morgan fingerprint density at radius 3 is 2.77 bits per heavy atom. The Hall–Kier alpha value is -1.84. The zero-order valence-electron chi connectivity index (χ0n) is 7.07. The minimum atomic E-state index is -0.293. The number of rotatable bonds is 2. The Morgan fingerprint density at radius 2 is 2.15 bits per heavy atom. The van der Waals surface area contributed by atoms with E-state index in [1.807, 2.05) is 18.2 Å². The molecule has 0 aromatic heterocycles. The minimum Gasteiger partial charge on any atom is -0.323 e. The predicted molar refractivity (Wildman–Crippen MR) is 48.3 cm³/mol. The molecule has 0 aliphatic rings. The van der Waals surface area contributed by atoms with Crippen LogP contribution in [0, 0.1) is 22.7 Å².